The number of benzene rings is 1. The van der Waals surface area contributed by atoms with Gasteiger partial charge in [0.1, 0.15) is 5.84 Å². The number of rotatable bonds is 3. The van der Waals surface area contributed by atoms with Crippen LogP contribution in [-0.4, -0.2) is 41.8 Å². The summed E-state index contributed by atoms with van der Waals surface area (Å²) >= 11 is 1.65. The van der Waals surface area contributed by atoms with Gasteiger partial charge in [0.25, 0.3) is 0 Å². The third kappa shape index (κ3) is 3.08. The van der Waals surface area contributed by atoms with E-state index in [0.29, 0.717) is 5.84 Å². The molecule has 2 heterocycles. The maximum absolute atomic E-state index is 8.25. The smallest absolute Gasteiger partial charge is 0.138 e. The van der Waals surface area contributed by atoms with Crippen LogP contribution >= 0.6 is 11.3 Å². The second kappa shape index (κ2) is 6.20. The molecular formula is C16H19N3S. The summed E-state index contributed by atoms with van der Waals surface area (Å²) in [6.07, 6.45) is 0. The molecule has 0 amide bonds. The third-order valence-corrected chi connectivity index (χ3v) is 4.57. The minimum Gasteiger partial charge on any atom is -0.353 e. The number of hydrogen-bond donors (Lipinski definition) is 1. The van der Waals surface area contributed by atoms with Gasteiger partial charge in [-0.2, -0.15) is 0 Å². The standard InChI is InChI=1S/C16H19N3S/c17-16(15-7-4-12-20-15)19-10-8-18(9-11-19)13-14-5-2-1-3-6-14/h1-7,12,17H,8-11,13H2. The molecule has 0 bridgehead atoms. The summed E-state index contributed by atoms with van der Waals surface area (Å²) in [5, 5.41) is 10.3. The monoisotopic (exact) mass is 285 g/mol. The predicted molar refractivity (Wildman–Crippen MR) is 84.4 cm³/mol. The van der Waals surface area contributed by atoms with Crippen molar-refractivity contribution >= 4 is 17.2 Å². The molecule has 1 aliphatic heterocycles. The molecule has 2 aromatic rings. The number of nitrogens with one attached hydrogen (secondary N) is 1. The zero-order chi connectivity index (χ0) is 13.8. The van der Waals surface area contributed by atoms with Crippen LogP contribution in [0.15, 0.2) is 47.8 Å². The quantitative estimate of drug-likeness (QED) is 0.694. The topological polar surface area (TPSA) is 30.3 Å². The van der Waals surface area contributed by atoms with E-state index in [0.717, 1.165) is 37.6 Å². The Kier molecular flexibility index (Phi) is 4.14. The van der Waals surface area contributed by atoms with E-state index in [1.54, 1.807) is 11.3 Å². The zero-order valence-electron chi connectivity index (χ0n) is 11.5. The molecule has 104 valence electrons. The van der Waals surface area contributed by atoms with Gasteiger partial charge < -0.3 is 4.90 Å². The molecule has 3 rings (SSSR count). The van der Waals surface area contributed by atoms with Crippen LogP contribution in [-0.2, 0) is 6.54 Å². The predicted octanol–water partition coefficient (Wildman–Crippen LogP) is 2.89. The van der Waals surface area contributed by atoms with Gasteiger partial charge in [-0.1, -0.05) is 36.4 Å². The lowest BCUT2D eigenvalue weighted by atomic mass is 10.2. The van der Waals surface area contributed by atoms with Gasteiger partial charge in [0.15, 0.2) is 0 Å². The Balaban J connectivity index is 1.53. The van der Waals surface area contributed by atoms with E-state index in [4.69, 9.17) is 5.41 Å². The Morgan fingerprint density at radius 1 is 1.00 bits per heavy atom. The van der Waals surface area contributed by atoms with Gasteiger partial charge in [0.2, 0.25) is 0 Å². The fraction of sp³-hybridized carbons (Fsp3) is 0.312. The van der Waals surface area contributed by atoms with E-state index in [1.807, 2.05) is 17.5 Å². The van der Waals surface area contributed by atoms with Crippen molar-refractivity contribution in [3.63, 3.8) is 0 Å². The van der Waals surface area contributed by atoms with Crippen LogP contribution in [0, 0.1) is 5.41 Å². The maximum Gasteiger partial charge on any atom is 0.138 e. The third-order valence-electron chi connectivity index (χ3n) is 3.69. The lowest BCUT2D eigenvalue weighted by Crippen LogP contribution is -2.48. The highest BCUT2D eigenvalue weighted by Crippen LogP contribution is 2.14. The van der Waals surface area contributed by atoms with Crippen LogP contribution in [0.1, 0.15) is 10.4 Å². The lowest BCUT2D eigenvalue weighted by molar-refractivity contribution is 0.175. The van der Waals surface area contributed by atoms with Gasteiger partial charge in [-0.25, -0.2) is 0 Å². The van der Waals surface area contributed by atoms with Gasteiger partial charge in [-0.3, -0.25) is 10.3 Å². The van der Waals surface area contributed by atoms with Crippen molar-refractivity contribution in [1.82, 2.24) is 9.80 Å². The van der Waals surface area contributed by atoms with Crippen LogP contribution in [0.2, 0.25) is 0 Å². The molecule has 0 saturated carbocycles. The van der Waals surface area contributed by atoms with Crippen molar-refractivity contribution in [2.24, 2.45) is 0 Å². The highest BCUT2D eigenvalue weighted by molar-refractivity contribution is 7.12. The minimum absolute atomic E-state index is 0.680. The SMILES string of the molecule is N=C(c1cccs1)N1CCN(Cc2ccccc2)CC1. The van der Waals surface area contributed by atoms with Crippen molar-refractivity contribution in [2.75, 3.05) is 26.2 Å². The molecule has 1 aliphatic rings. The first-order chi connectivity index (χ1) is 9.83. The summed E-state index contributed by atoms with van der Waals surface area (Å²) in [5.41, 5.74) is 1.37. The van der Waals surface area contributed by atoms with E-state index in [9.17, 15) is 0 Å². The van der Waals surface area contributed by atoms with Crippen LogP contribution in [0.4, 0.5) is 0 Å². The Labute approximate surface area is 124 Å². The number of piperazine rings is 1. The first-order valence-corrected chi connectivity index (χ1v) is 7.84. The van der Waals surface area contributed by atoms with Crippen molar-refractivity contribution < 1.29 is 0 Å². The molecule has 1 aromatic heterocycles. The molecule has 4 heteroatoms. The maximum atomic E-state index is 8.25. The Bertz CT molecular complexity index is 542. The first-order valence-electron chi connectivity index (χ1n) is 6.96. The minimum atomic E-state index is 0.680. The summed E-state index contributed by atoms with van der Waals surface area (Å²) in [6.45, 7) is 4.97. The molecule has 0 atom stereocenters. The first kappa shape index (κ1) is 13.3. The largest absolute Gasteiger partial charge is 0.353 e. The molecule has 0 radical (unpaired) electrons. The normalized spacial score (nSPS) is 16.3. The molecule has 1 N–H and O–H groups in total. The molecule has 0 aliphatic carbocycles. The second-order valence-electron chi connectivity index (χ2n) is 5.07. The highest BCUT2D eigenvalue weighted by Gasteiger charge is 2.20. The zero-order valence-corrected chi connectivity index (χ0v) is 12.3. The molecule has 20 heavy (non-hydrogen) atoms. The summed E-state index contributed by atoms with van der Waals surface area (Å²) in [4.78, 5) is 5.72. The fourth-order valence-corrected chi connectivity index (χ4v) is 3.24. The summed E-state index contributed by atoms with van der Waals surface area (Å²) in [7, 11) is 0. The Hall–Kier alpha value is -1.65. The number of amidine groups is 1. The van der Waals surface area contributed by atoms with Crippen molar-refractivity contribution in [1.29, 1.82) is 5.41 Å². The van der Waals surface area contributed by atoms with E-state index in [2.05, 4.69) is 40.1 Å². The van der Waals surface area contributed by atoms with Crippen molar-refractivity contribution in [3.8, 4) is 0 Å². The molecule has 1 aromatic carbocycles. The molecule has 0 unspecified atom stereocenters. The Morgan fingerprint density at radius 3 is 2.40 bits per heavy atom. The molecular weight excluding hydrogens is 266 g/mol. The highest BCUT2D eigenvalue weighted by atomic mass is 32.1. The molecule has 1 fully saturated rings. The molecule has 1 saturated heterocycles. The average molecular weight is 285 g/mol. The van der Waals surface area contributed by atoms with Crippen LogP contribution in [0.3, 0.4) is 0 Å². The van der Waals surface area contributed by atoms with E-state index in [1.165, 1.54) is 5.56 Å². The van der Waals surface area contributed by atoms with E-state index < -0.39 is 0 Å². The number of hydrogen-bond acceptors (Lipinski definition) is 3. The van der Waals surface area contributed by atoms with Crippen molar-refractivity contribution in [2.45, 2.75) is 6.54 Å². The number of nitrogens with zero attached hydrogens (tertiary/aromatic N) is 2. The van der Waals surface area contributed by atoms with E-state index >= 15 is 0 Å². The van der Waals surface area contributed by atoms with Gasteiger partial charge in [0.05, 0.1) is 4.88 Å². The van der Waals surface area contributed by atoms with Crippen molar-refractivity contribution in [3.05, 3.63) is 58.3 Å². The van der Waals surface area contributed by atoms with Crippen LogP contribution in [0.5, 0.6) is 0 Å². The van der Waals surface area contributed by atoms with Gasteiger partial charge >= 0.3 is 0 Å². The Morgan fingerprint density at radius 2 is 1.75 bits per heavy atom. The van der Waals surface area contributed by atoms with Crippen LogP contribution in [0.25, 0.3) is 0 Å². The van der Waals surface area contributed by atoms with E-state index in [-0.39, 0.29) is 0 Å². The fourth-order valence-electron chi connectivity index (χ4n) is 2.54. The van der Waals surface area contributed by atoms with Gasteiger partial charge in [0, 0.05) is 32.7 Å². The summed E-state index contributed by atoms with van der Waals surface area (Å²) in [5.74, 6) is 0.680. The van der Waals surface area contributed by atoms with Crippen LogP contribution < -0.4 is 0 Å². The number of thiophene rings is 1. The molecule has 0 spiro atoms. The second-order valence-corrected chi connectivity index (χ2v) is 6.02. The molecule has 3 nitrogen and oxygen atoms in total. The summed E-state index contributed by atoms with van der Waals surface area (Å²) in [6, 6.07) is 14.7. The average Bonchev–Trinajstić information content (AvgIpc) is 3.03. The van der Waals surface area contributed by atoms with Gasteiger partial charge in [-0.15, -0.1) is 11.3 Å². The lowest BCUT2D eigenvalue weighted by Gasteiger charge is -2.35. The summed E-state index contributed by atoms with van der Waals surface area (Å²) < 4.78 is 0. The van der Waals surface area contributed by atoms with Gasteiger partial charge in [-0.05, 0) is 17.0 Å².